The van der Waals surface area contributed by atoms with Crippen molar-refractivity contribution in [1.29, 1.82) is 5.26 Å². The number of rotatable bonds is 4. The quantitative estimate of drug-likeness (QED) is 0.678. The number of carbonyl (C=O) groups is 1. The van der Waals surface area contributed by atoms with E-state index in [9.17, 15) is 10.1 Å². The van der Waals surface area contributed by atoms with E-state index in [1.807, 2.05) is 12.3 Å². The molecule has 0 aromatic carbocycles. The van der Waals surface area contributed by atoms with Gasteiger partial charge in [0, 0.05) is 68.8 Å². The van der Waals surface area contributed by atoms with Crippen molar-refractivity contribution in [3.8, 4) is 11.8 Å². The number of pyridine rings is 2. The molecule has 6 rings (SSSR count). The molecule has 2 aromatic rings. The number of hydrogen-bond donors (Lipinski definition) is 1. The second-order valence-electron chi connectivity index (χ2n) is 9.66. The Morgan fingerprint density at radius 2 is 2.03 bits per heavy atom. The van der Waals surface area contributed by atoms with Crippen molar-refractivity contribution in [2.24, 2.45) is 0 Å². The van der Waals surface area contributed by atoms with Gasteiger partial charge >= 0.3 is 0 Å². The summed E-state index contributed by atoms with van der Waals surface area (Å²) in [6.45, 7) is 8.65. The number of nitrogens with one attached hydrogen (secondary N) is 1. The molecule has 0 saturated carbocycles. The van der Waals surface area contributed by atoms with Gasteiger partial charge in [-0.2, -0.15) is 5.26 Å². The van der Waals surface area contributed by atoms with Crippen LogP contribution in [0.25, 0.3) is 0 Å². The van der Waals surface area contributed by atoms with Gasteiger partial charge in [-0.15, -0.1) is 0 Å². The van der Waals surface area contributed by atoms with E-state index in [0.29, 0.717) is 30.0 Å². The zero-order valence-electron chi connectivity index (χ0n) is 19.6. The van der Waals surface area contributed by atoms with Crippen LogP contribution in [0.1, 0.15) is 47.2 Å². The van der Waals surface area contributed by atoms with Gasteiger partial charge in [0.25, 0.3) is 0 Å². The lowest BCUT2D eigenvalue weighted by Gasteiger charge is -2.51. The van der Waals surface area contributed by atoms with E-state index < -0.39 is 0 Å². The van der Waals surface area contributed by atoms with Gasteiger partial charge < -0.3 is 19.7 Å². The zero-order valence-corrected chi connectivity index (χ0v) is 19.6. The second-order valence-corrected chi connectivity index (χ2v) is 9.66. The molecule has 4 aliphatic heterocycles. The summed E-state index contributed by atoms with van der Waals surface area (Å²) in [6.07, 6.45) is 5.18. The van der Waals surface area contributed by atoms with Crippen molar-refractivity contribution in [2.75, 3.05) is 44.7 Å². The molecule has 3 saturated heterocycles. The van der Waals surface area contributed by atoms with E-state index in [1.54, 1.807) is 4.90 Å². The van der Waals surface area contributed by atoms with Crippen LogP contribution in [0.4, 0.5) is 11.5 Å². The fraction of sp³-hybridized carbons (Fsp3) is 0.462. The predicted molar refractivity (Wildman–Crippen MR) is 128 cm³/mol. The average molecular weight is 473 g/mol. The summed E-state index contributed by atoms with van der Waals surface area (Å²) in [4.78, 5) is 25.2. The number of carbonyl (C=O) groups excluding carboxylic acids is 1. The first-order valence-electron chi connectivity index (χ1n) is 12.2. The van der Waals surface area contributed by atoms with Crippen molar-refractivity contribution in [2.45, 2.75) is 37.3 Å². The standard InChI is InChI=1S/C26H28N6O3/c1-2-24(33)32-13-18(14-32)31-11-17(12-31)21-9-22-25(23(10-27)29-21)35-15-20-19(3-6-28-26(20)30-22)16-4-7-34-8-5-16/h2-3,6,9,16-18H,1,4-5,7-8,11-15H2,(H,28,30). The molecule has 9 heteroatoms. The summed E-state index contributed by atoms with van der Waals surface area (Å²) in [5.74, 6) is 1.92. The molecule has 0 radical (unpaired) electrons. The van der Waals surface area contributed by atoms with E-state index >= 15 is 0 Å². The predicted octanol–water partition coefficient (Wildman–Crippen LogP) is 2.67. The van der Waals surface area contributed by atoms with E-state index in [0.717, 1.165) is 75.0 Å². The molecule has 0 atom stereocenters. The molecule has 9 nitrogen and oxygen atoms in total. The number of fused-ring (bicyclic) bond motifs is 2. The first-order valence-corrected chi connectivity index (χ1v) is 12.2. The zero-order chi connectivity index (χ0) is 23.9. The van der Waals surface area contributed by atoms with E-state index in [2.05, 4.69) is 38.9 Å². The largest absolute Gasteiger partial charge is 0.483 e. The Bertz CT molecular complexity index is 1210. The Morgan fingerprint density at radius 1 is 1.23 bits per heavy atom. The highest BCUT2D eigenvalue weighted by Crippen LogP contribution is 2.41. The van der Waals surface area contributed by atoms with E-state index in [1.165, 1.54) is 11.6 Å². The second kappa shape index (κ2) is 8.95. The van der Waals surface area contributed by atoms with Crippen LogP contribution < -0.4 is 10.1 Å². The SMILES string of the molecule is C=CC(=O)N1CC(N2CC(c3cc4c(c(C#N)n3)OCc3c(C5CCOCC5)ccnc3N4)C2)C1. The molecule has 1 N–H and O–H groups in total. The lowest BCUT2D eigenvalue weighted by atomic mass is 9.89. The van der Waals surface area contributed by atoms with Crippen molar-refractivity contribution in [1.82, 2.24) is 19.8 Å². The molecule has 0 aliphatic carbocycles. The van der Waals surface area contributed by atoms with E-state index in [4.69, 9.17) is 9.47 Å². The Labute approximate surface area is 204 Å². The summed E-state index contributed by atoms with van der Waals surface area (Å²) in [6, 6.07) is 6.70. The van der Waals surface area contributed by atoms with Crippen LogP contribution in [-0.2, 0) is 16.1 Å². The fourth-order valence-electron chi connectivity index (χ4n) is 5.50. The monoisotopic (exact) mass is 472 g/mol. The molecule has 0 bridgehead atoms. The van der Waals surface area contributed by atoms with Crippen molar-refractivity contribution in [3.05, 3.63) is 53.5 Å². The van der Waals surface area contributed by atoms with Gasteiger partial charge in [0.15, 0.2) is 11.4 Å². The number of hydrogen-bond acceptors (Lipinski definition) is 8. The lowest BCUT2D eigenvalue weighted by Crippen LogP contribution is -2.65. The number of aromatic nitrogens is 2. The summed E-state index contributed by atoms with van der Waals surface area (Å²) in [5, 5.41) is 13.3. The van der Waals surface area contributed by atoms with Gasteiger partial charge in [-0.1, -0.05) is 6.58 Å². The summed E-state index contributed by atoms with van der Waals surface area (Å²) >= 11 is 0. The van der Waals surface area contributed by atoms with Gasteiger partial charge in [-0.05, 0) is 42.5 Å². The van der Waals surface area contributed by atoms with Gasteiger partial charge in [-0.3, -0.25) is 9.69 Å². The highest BCUT2D eigenvalue weighted by Gasteiger charge is 2.41. The van der Waals surface area contributed by atoms with Crippen molar-refractivity contribution in [3.63, 3.8) is 0 Å². The molecule has 0 unspecified atom stereocenters. The van der Waals surface area contributed by atoms with Crippen LogP contribution in [0.3, 0.4) is 0 Å². The minimum atomic E-state index is -0.00986. The molecular weight excluding hydrogens is 444 g/mol. The normalized spacial score (nSPS) is 20.7. The molecule has 180 valence electrons. The third-order valence-corrected chi connectivity index (χ3v) is 7.66. The van der Waals surface area contributed by atoms with Gasteiger partial charge in [0.05, 0.1) is 5.69 Å². The first-order chi connectivity index (χ1) is 17.1. The van der Waals surface area contributed by atoms with Crippen molar-refractivity contribution >= 4 is 17.4 Å². The lowest BCUT2D eigenvalue weighted by molar-refractivity contribution is -0.134. The van der Waals surface area contributed by atoms with E-state index in [-0.39, 0.29) is 11.8 Å². The number of anilines is 2. The number of amides is 1. The van der Waals surface area contributed by atoms with Crippen LogP contribution >= 0.6 is 0 Å². The molecule has 1 amide bonds. The highest BCUT2D eigenvalue weighted by molar-refractivity contribution is 5.87. The minimum absolute atomic E-state index is 0.00986. The van der Waals surface area contributed by atoms with Gasteiger partial charge in [0.2, 0.25) is 5.91 Å². The maximum atomic E-state index is 11.7. The molecule has 4 aliphatic rings. The molecule has 0 spiro atoms. The van der Waals surface area contributed by atoms with Crippen LogP contribution in [0.2, 0.25) is 0 Å². The van der Waals surface area contributed by atoms with Crippen LogP contribution in [0.5, 0.6) is 5.75 Å². The molecule has 35 heavy (non-hydrogen) atoms. The number of ether oxygens (including phenoxy) is 2. The smallest absolute Gasteiger partial charge is 0.246 e. The Kier molecular flexibility index (Phi) is 5.63. The molecule has 6 heterocycles. The average Bonchev–Trinajstić information content (AvgIpc) is 3.03. The Hall–Kier alpha value is -3.48. The molecular formula is C26H28N6O3. The van der Waals surface area contributed by atoms with Gasteiger partial charge in [0.1, 0.15) is 18.5 Å². The first kappa shape index (κ1) is 22.0. The highest BCUT2D eigenvalue weighted by atomic mass is 16.5. The summed E-state index contributed by atoms with van der Waals surface area (Å²) in [7, 11) is 0. The van der Waals surface area contributed by atoms with Crippen LogP contribution in [0, 0.1) is 11.3 Å². The molecule has 2 aromatic heterocycles. The van der Waals surface area contributed by atoms with Crippen molar-refractivity contribution < 1.29 is 14.3 Å². The number of likely N-dealkylation sites (tertiary alicyclic amines) is 2. The maximum Gasteiger partial charge on any atom is 0.246 e. The third kappa shape index (κ3) is 3.93. The Balaban J connectivity index is 1.21. The summed E-state index contributed by atoms with van der Waals surface area (Å²) < 4.78 is 11.7. The summed E-state index contributed by atoms with van der Waals surface area (Å²) in [5.41, 5.74) is 4.21. The minimum Gasteiger partial charge on any atom is -0.483 e. The number of nitrogens with zero attached hydrogens (tertiary/aromatic N) is 5. The van der Waals surface area contributed by atoms with Gasteiger partial charge in [-0.25, -0.2) is 9.97 Å². The maximum absolute atomic E-state index is 11.7. The van der Waals surface area contributed by atoms with Crippen LogP contribution in [0.15, 0.2) is 31.0 Å². The fourth-order valence-corrected chi connectivity index (χ4v) is 5.50. The topological polar surface area (TPSA) is 104 Å². The Morgan fingerprint density at radius 3 is 2.77 bits per heavy atom. The number of nitriles is 1. The van der Waals surface area contributed by atoms with Crippen LogP contribution in [-0.4, -0.2) is 71.1 Å². The molecule has 3 fully saturated rings. The third-order valence-electron chi connectivity index (χ3n) is 7.66.